The molecule has 1 N–H and O–H groups in total. The molecule has 7 heteroatoms. The van der Waals surface area contributed by atoms with Crippen molar-refractivity contribution in [1.29, 1.82) is 0 Å². The molecule has 0 aromatic heterocycles. The zero-order chi connectivity index (χ0) is 17.7. The minimum absolute atomic E-state index is 0.210. The molecule has 0 bridgehead atoms. The molecular weight excluding hydrogens is 328 g/mol. The smallest absolute Gasteiger partial charge is 0.276 e. The molecule has 0 heterocycles. The van der Waals surface area contributed by atoms with Crippen molar-refractivity contribution in [1.82, 2.24) is 4.83 Å². The van der Waals surface area contributed by atoms with E-state index < -0.39 is 10.0 Å². The van der Waals surface area contributed by atoms with Crippen molar-refractivity contribution in [3.05, 3.63) is 53.1 Å². The van der Waals surface area contributed by atoms with E-state index in [0.717, 1.165) is 5.56 Å². The first kappa shape index (κ1) is 17.8. The summed E-state index contributed by atoms with van der Waals surface area (Å²) in [4.78, 5) is 2.44. The molecule has 2 rings (SSSR count). The lowest BCUT2D eigenvalue weighted by Gasteiger charge is -2.09. The molecule has 24 heavy (non-hydrogen) atoms. The van der Waals surface area contributed by atoms with E-state index in [1.54, 1.807) is 44.4 Å². The van der Waals surface area contributed by atoms with Crippen molar-refractivity contribution >= 4 is 16.2 Å². The Bertz CT molecular complexity index is 861. The highest BCUT2D eigenvalue weighted by molar-refractivity contribution is 7.89. The van der Waals surface area contributed by atoms with Crippen molar-refractivity contribution in [3.8, 4) is 11.5 Å². The summed E-state index contributed by atoms with van der Waals surface area (Å²) in [7, 11) is -0.653. The van der Waals surface area contributed by atoms with Gasteiger partial charge in [-0.1, -0.05) is 12.1 Å². The lowest BCUT2D eigenvalue weighted by molar-refractivity contribution is 0.394. The number of sulfonamides is 1. The number of hydrogen-bond donors (Lipinski definition) is 1. The summed E-state index contributed by atoms with van der Waals surface area (Å²) in [5, 5.41) is 3.84. The van der Waals surface area contributed by atoms with E-state index in [4.69, 9.17) is 9.47 Å². The van der Waals surface area contributed by atoms with E-state index in [-0.39, 0.29) is 4.90 Å². The predicted molar refractivity (Wildman–Crippen MR) is 93.4 cm³/mol. The highest BCUT2D eigenvalue weighted by Crippen LogP contribution is 2.23. The third kappa shape index (κ3) is 4.05. The van der Waals surface area contributed by atoms with E-state index in [1.807, 2.05) is 13.0 Å². The van der Waals surface area contributed by atoms with Crippen LogP contribution in [0.15, 0.2) is 46.4 Å². The van der Waals surface area contributed by atoms with E-state index in [9.17, 15) is 8.42 Å². The fourth-order valence-electron chi connectivity index (χ4n) is 2.14. The van der Waals surface area contributed by atoms with Gasteiger partial charge in [-0.25, -0.2) is 4.83 Å². The Balaban J connectivity index is 2.23. The maximum absolute atomic E-state index is 12.4. The lowest BCUT2D eigenvalue weighted by Crippen LogP contribution is -2.19. The molecule has 0 unspecified atom stereocenters. The third-order valence-corrected chi connectivity index (χ3v) is 4.81. The maximum atomic E-state index is 12.4. The molecule has 2 aromatic rings. The van der Waals surface area contributed by atoms with Gasteiger partial charge in [0.05, 0.1) is 25.3 Å². The largest absolute Gasteiger partial charge is 0.497 e. The van der Waals surface area contributed by atoms with Gasteiger partial charge in [-0.3, -0.25) is 0 Å². The summed E-state index contributed by atoms with van der Waals surface area (Å²) in [6.45, 7) is 3.58. The minimum atomic E-state index is -3.73. The molecule has 128 valence electrons. The van der Waals surface area contributed by atoms with Crippen molar-refractivity contribution < 1.29 is 17.9 Å². The van der Waals surface area contributed by atoms with Gasteiger partial charge in [-0.05, 0) is 43.2 Å². The van der Waals surface area contributed by atoms with Crippen molar-refractivity contribution in [2.45, 2.75) is 18.7 Å². The number of nitrogens with zero attached hydrogens (tertiary/aromatic N) is 1. The average molecular weight is 348 g/mol. The first-order valence-corrected chi connectivity index (χ1v) is 8.70. The monoisotopic (exact) mass is 348 g/mol. The van der Waals surface area contributed by atoms with Gasteiger partial charge >= 0.3 is 0 Å². The van der Waals surface area contributed by atoms with Crippen LogP contribution in [0.25, 0.3) is 0 Å². The average Bonchev–Trinajstić information content (AvgIpc) is 2.57. The number of nitrogens with one attached hydrogen (secondary N) is 1. The van der Waals surface area contributed by atoms with Crippen LogP contribution in [0, 0.1) is 13.8 Å². The van der Waals surface area contributed by atoms with E-state index in [1.165, 1.54) is 13.3 Å². The Morgan fingerprint density at radius 1 is 1.04 bits per heavy atom. The van der Waals surface area contributed by atoms with Gasteiger partial charge in [0, 0.05) is 11.6 Å². The second kappa shape index (κ2) is 7.35. The van der Waals surface area contributed by atoms with Gasteiger partial charge in [0.2, 0.25) is 0 Å². The number of aryl methyl sites for hydroxylation is 2. The maximum Gasteiger partial charge on any atom is 0.276 e. The number of rotatable bonds is 6. The number of benzene rings is 2. The third-order valence-electron chi connectivity index (χ3n) is 3.45. The molecule has 6 nitrogen and oxygen atoms in total. The molecule has 0 saturated heterocycles. The summed E-state index contributed by atoms with van der Waals surface area (Å²) < 4.78 is 35.1. The molecule has 0 fully saturated rings. The molecule has 0 spiro atoms. The van der Waals surface area contributed by atoms with Crippen molar-refractivity contribution in [2.75, 3.05) is 14.2 Å². The van der Waals surface area contributed by atoms with Gasteiger partial charge in [0.25, 0.3) is 10.0 Å². The van der Waals surface area contributed by atoms with Crippen LogP contribution in [-0.4, -0.2) is 28.9 Å². The summed E-state index contributed by atoms with van der Waals surface area (Å²) >= 11 is 0. The zero-order valence-electron chi connectivity index (χ0n) is 14.0. The second-order valence-electron chi connectivity index (χ2n) is 5.23. The number of methoxy groups -OCH3 is 2. The Morgan fingerprint density at radius 3 is 2.46 bits per heavy atom. The first-order chi connectivity index (χ1) is 11.4. The fraction of sp³-hybridized carbons (Fsp3) is 0.235. The Labute approximate surface area is 142 Å². The Hall–Kier alpha value is -2.54. The summed E-state index contributed by atoms with van der Waals surface area (Å²) in [6.07, 6.45) is 1.39. The zero-order valence-corrected chi connectivity index (χ0v) is 14.8. The number of hydrogen-bond acceptors (Lipinski definition) is 5. The van der Waals surface area contributed by atoms with Gasteiger partial charge in [0.15, 0.2) is 0 Å². The summed E-state index contributed by atoms with van der Waals surface area (Å²) in [5.74, 6) is 1.17. The van der Waals surface area contributed by atoms with E-state index >= 15 is 0 Å². The van der Waals surface area contributed by atoms with Crippen LogP contribution in [0.5, 0.6) is 11.5 Å². The fourth-order valence-corrected chi connectivity index (χ4v) is 3.26. The van der Waals surface area contributed by atoms with Gasteiger partial charge in [-0.15, -0.1) is 0 Å². The molecule has 0 aliphatic carbocycles. The topological polar surface area (TPSA) is 77.0 Å². The van der Waals surface area contributed by atoms with Crippen LogP contribution in [0.1, 0.15) is 16.7 Å². The Morgan fingerprint density at radius 2 is 1.79 bits per heavy atom. The van der Waals surface area contributed by atoms with Gasteiger partial charge < -0.3 is 9.47 Å². The van der Waals surface area contributed by atoms with Gasteiger partial charge in [0.1, 0.15) is 11.5 Å². The van der Waals surface area contributed by atoms with E-state index in [0.29, 0.717) is 22.6 Å². The molecule has 0 amide bonds. The van der Waals surface area contributed by atoms with Crippen molar-refractivity contribution in [3.63, 3.8) is 0 Å². The first-order valence-electron chi connectivity index (χ1n) is 7.21. The molecule has 0 aliphatic rings. The van der Waals surface area contributed by atoms with E-state index in [2.05, 4.69) is 9.93 Å². The van der Waals surface area contributed by atoms with Crippen LogP contribution in [0.2, 0.25) is 0 Å². The summed E-state index contributed by atoms with van der Waals surface area (Å²) in [6, 6.07) is 10.4. The van der Waals surface area contributed by atoms with Crippen LogP contribution >= 0.6 is 0 Å². The van der Waals surface area contributed by atoms with Crippen LogP contribution in [-0.2, 0) is 10.0 Å². The quantitative estimate of drug-likeness (QED) is 0.643. The van der Waals surface area contributed by atoms with Crippen LogP contribution in [0.4, 0.5) is 0 Å². The molecule has 0 aliphatic heterocycles. The van der Waals surface area contributed by atoms with Crippen molar-refractivity contribution in [2.24, 2.45) is 5.10 Å². The standard InChI is InChI=1S/C17H20N2O4S/c1-12-5-6-13(2)17(9-12)24(20,21)19-18-11-14-7-8-15(22-3)10-16(14)23-4/h5-11,19H,1-4H3. The molecule has 0 saturated carbocycles. The lowest BCUT2D eigenvalue weighted by atomic mass is 10.2. The molecule has 0 atom stereocenters. The van der Waals surface area contributed by atoms with Crippen LogP contribution in [0.3, 0.4) is 0 Å². The number of hydrazone groups is 1. The second-order valence-corrected chi connectivity index (χ2v) is 6.86. The highest BCUT2D eigenvalue weighted by Gasteiger charge is 2.15. The molecule has 0 radical (unpaired) electrons. The van der Waals surface area contributed by atoms with Crippen LogP contribution < -0.4 is 14.3 Å². The summed E-state index contributed by atoms with van der Waals surface area (Å²) in [5.41, 5.74) is 2.15. The molecule has 2 aromatic carbocycles. The SMILES string of the molecule is COc1ccc(C=NNS(=O)(=O)c2cc(C)ccc2C)c(OC)c1. The van der Waals surface area contributed by atoms with Gasteiger partial charge in [-0.2, -0.15) is 13.5 Å². The highest BCUT2D eigenvalue weighted by atomic mass is 32.2. The Kier molecular flexibility index (Phi) is 5.46. The minimum Gasteiger partial charge on any atom is -0.497 e. The molecular formula is C17H20N2O4S. The normalized spacial score (nSPS) is 11.5. The predicted octanol–water partition coefficient (Wildman–Crippen LogP) is 2.63. The number of ether oxygens (including phenoxy) is 2.